The van der Waals surface area contributed by atoms with Gasteiger partial charge in [-0.2, -0.15) is 0 Å². The molecule has 0 fully saturated rings. The number of likely N-dealkylation sites (N-methyl/N-ethyl adjacent to an activating group) is 1. The number of hydrogen-bond donors (Lipinski definition) is 1. The first-order chi connectivity index (χ1) is 8.26. The third-order valence-corrected chi connectivity index (χ3v) is 2.91. The van der Waals surface area contributed by atoms with Gasteiger partial charge in [0.1, 0.15) is 11.9 Å². The summed E-state index contributed by atoms with van der Waals surface area (Å²) in [5, 5.41) is 20.9. The Labute approximate surface area is 114 Å². The fourth-order valence-electron chi connectivity index (χ4n) is 1.68. The summed E-state index contributed by atoms with van der Waals surface area (Å²) in [5.74, 6) is 0. The molecule has 1 aromatic rings. The van der Waals surface area contributed by atoms with E-state index in [1.807, 2.05) is 6.92 Å². The van der Waals surface area contributed by atoms with E-state index in [0.29, 0.717) is 23.2 Å². The highest BCUT2D eigenvalue weighted by molar-refractivity contribution is 9.10. The molecule has 1 N–H and O–H groups in total. The SMILES string of the molecule is CCN(CC(C)(C)O)c1c(Br)cncc1[N+](=O)[O-]. The van der Waals surface area contributed by atoms with Gasteiger partial charge in [0.05, 0.1) is 15.0 Å². The van der Waals surface area contributed by atoms with Crippen molar-refractivity contribution in [2.45, 2.75) is 26.4 Å². The lowest BCUT2D eigenvalue weighted by atomic mass is 10.1. The van der Waals surface area contributed by atoms with E-state index in [1.165, 1.54) is 12.4 Å². The van der Waals surface area contributed by atoms with Gasteiger partial charge in [0.2, 0.25) is 0 Å². The summed E-state index contributed by atoms with van der Waals surface area (Å²) in [4.78, 5) is 16.1. The predicted molar refractivity (Wildman–Crippen MR) is 72.8 cm³/mol. The Kier molecular flexibility index (Phi) is 4.64. The monoisotopic (exact) mass is 317 g/mol. The van der Waals surface area contributed by atoms with Crippen molar-refractivity contribution in [1.82, 2.24) is 4.98 Å². The van der Waals surface area contributed by atoms with Crippen LogP contribution in [0.4, 0.5) is 11.4 Å². The maximum absolute atomic E-state index is 11.0. The highest BCUT2D eigenvalue weighted by atomic mass is 79.9. The topological polar surface area (TPSA) is 79.5 Å². The van der Waals surface area contributed by atoms with Crippen LogP contribution in [0.1, 0.15) is 20.8 Å². The van der Waals surface area contributed by atoms with E-state index >= 15 is 0 Å². The summed E-state index contributed by atoms with van der Waals surface area (Å²) in [7, 11) is 0. The minimum atomic E-state index is -0.938. The van der Waals surface area contributed by atoms with E-state index < -0.39 is 10.5 Å². The molecule has 0 saturated heterocycles. The molecule has 7 heteroatoms. The van der Waals surface area contributed by atoms with Crippen molar-refractivity contribution in [3.8, 4) is 0 Å². The van der Waals surface area contributed by atoms with Crippen LogP contribution in [0.5, 0.6) is 0 Å². The smallest absolute Gasteiger partial charge is 0.311 e. The average Bonchev–Trinajstić information content (AvgIpc) is 2.24. The molecule has 1 rings (SSSR count). The Bertz CT molecular complexity index is 446. The number of halogens is 1. The molecule has 0 bridgehead atoms. The first-order valence-electron chi connectivity index (χ1n) is 5.51. The first-order valence-corrected chi connectivity index (χ1v) is 6.30. The van der Waals surface area contributed by atoms with E-state index in [9.17, 15) is 15.2 Å². The molecule has 0 unspecified atom stereocenters. The number of anilines is 1. The Hall–Kier alpha value is -1.21. The summed E-state index contributed by atoms with van der Waals surface area (Å²) in [5.41, 5.74) is -0.567. The zero-order chi connectivity index (χ0) is 13.9. The van der Waals surface area contributed by atoms with E-state index in [4.69, 9.17) is 0 Å². The van der Waals surface area contributed by atoms with E-state index in [2.05, 4.69) is 20.9 Å². The molecule has 1 aromatic heterocycles. The van der Waals surface area contributed by atoms with Crippen LogP contribution in [0.15, 0.2) is 16.9 Å². The lowest BCUT2D eigenvalue weighted by Gasteiger charge is -2.30. The molecule has 0 aliphatic heterocycles. The van der Waals surface area contributed by atoms with Gasteiger partial charge in [-0.05, 0) is 36.7 Å². The van der Waals surface area contributed by atoms with Crippen LogP contribution in [-0.2, 0) is 0 Å². The molecule has 0 spiro atoms. The molecule has 6 nitrogen and oxygen atoms in total. The standard InChI is InChI=1S/C11H16BrN3O3/c1-4-14(7-11(2,3)16)10-8(12)5-13-6-9(10)15(17)18/h5-6,16H,4,7H2,1-3H3. The molecule has 0 radical (unpaired) electrons. The van der Waals surface area contributed by atoms with E-state index in [1.54, 1.807) is 18.7 Å². The van der Waals surface area contributed by atoms with Gasteiger partial charge in [0.15, 0.2) is 0 Å². The molecule has 0 amide bonds. The van der Waals surface area contributed by atoms with Gasteiger partial charge in [0, 0.05) is 19.3 Å². The summed E-state index contributed by atoms with van der Waals surface area (Å²) < 4.78 is 0.544. The number of nitro groups is 1. The van der Waals surface area contributed by atoms with Gasteiger partial charge < -0.3 is 10.0 Å². The van der Waals surface area contributed by atoms with Crippen LogP contribution >= 0.6 is 15.9 Å². The Morgan fingerprint density at radius 2 is 2.17 bits per heavy atom. The van der Waals surface area contributed by atoms with Gasteiger partial charge in [-0.15, -0.1) is 0 Å². The maximum Gasteiger partial charge on any atom is 0.311 e. The van der Waals surface area contributed by atoms with Gasteiger partial charge >= 0.3 is 5.69 Å². The van der Waals surface area contributed by atoms with Crippen LogP contribution in [-0.4, -0.2) is 33.7 Å². The fourth-order valence-corrected chi connectivity index (χ4v) is 2.25. The Morgan fingerprint density at radius 3 is 2.61 bits per heavy atom. The van der Waals surface area contributed by atoms with Crippen molar-refractivity contribution < 1.29 is 10.0 Å². The zero-order valence-electron chi connectivity index (χ0n) is 10.6. The zero-order valence-corrected chi connectivity index (χ0v) is 12.1. The van der Waals surface area contributed by atoms with Crippen molar-refractivity contribution >= 4 is 27.3 Å². The Morgan fingerprint density at radius 1 is 1.56 bits per heavy atom. The molecule has 1 heterocycles. The summed E-state index contributed by atoms with van der Waals surface area (Å²) in [6, 6.07) is 0. The second kappa shape index (κ2) is 5.62. The third kappa shape index (κ3) is 3.64. The lowest BCUT2D eigenvalue weighted by Crippen LogP contribution is -2.39. The third-order valence-electron chi connectivity index (χ3n) is 2.33. The second-order valence-electron chi connectivity index (χ2n) is 4.57. The molecule has 0 aliphatic rings. The number of aliphatic hydroxyl groups is 1. The molecule has 0 aliphatic carbocycles. The molecular weight excluding hydrogens is 302 g/mol. The van der Waals surface area contributed by atoms with Crippen LogP contribution in [0, 0.1) is 10.1 Å². The summed E-state index contributed by atoms with van der Waals surface area (Å²) in [6.07, 6.45) is 2.72. The normalized spacial score (nSPS) is 11.4. The van der Waals surface area contributed by atoms with E-state index in [0.717, 1.165) is 0 Å². The van der Waals surface area contributed by atoms with Gasteiger partial charge in [-0.1, -0.05) is 0 Å². The minimum absolute atomic E-state index is 0.0736. The quantitative estimate of drug-likeness (QED) is 0.666. The van der Waals surface area contributed by atoms with Crippen molar-refractivity contribution in [2.75, 3.05) is 18.0 Å². The van der Waals surface area contributed by atoms with Crippen molar-refractivity contribution in [3.63, 3.8) is 0 Å². The number of hydrogen-bond acceptors (Lipinski definition) is 5. The largest absolute Gasteiger partial charge is 0.389 e. The molecule has 18 heavy (non-hydrogen) atoms. The first kappa shape index (κ1) is 14.8. The molecule has 100 valence electrons. The second-order valence-corrected chi connectivity index (χ2v) is 5.43. The maximum atomic E-state index is 11.0. The van der Waals surface area contributed by atoms with Crippen LogP contribution in [0.2, 0.25) is 0 Å². The summed E-state index contributed by atoms with van der Waals surface area (Å²) >= 11 is 3.27. The summed E-state index contributed by atoms with van der Waals surface area (Å²) in [6.45, 7) is 6.05. The number of aromatic nitrogens is 1. The van der Waals surface area contributed by atoms with Crippen LogP contribution in [0.25, 0.3) is 0 Å². The van der Waals surface area contributed by atoms with Crippen molar-refractivity contribution in [3.05, 3.63) is 27.0 Å². The Balaban J connectivity index is 3.24. The molecule has 0 atom stereocenters. The molecule has 0 saturated carbocycles. The lowest BCUT2D eigenvalue weighted by molar-refractivity contribution is -0.384. The van der Waals surface area contributed by atoms with Gasteiger partial charge in [-0.25, -0.2) is 0 Å². The number of pyridine rings is 1. The fraction of sp³-hybridized carbons (Fsp3) is 0.545. The van der Waals surface area contributed by atoms with Crippen molar-refractivity contribution in [2.24, 2.45) is 0 Å². The number of nitrogens with zero attached hydrogens (tertiary/aromatic N) is 3. The van der Waals surface area contributed by atoms with Crippen LogP contribution in [0.3, 0.4) is 0 Å². The van der Waals surface area contributed by atoms with Gasteiger partial charge in [0.25, 0.3) is 0 Å². The van der Waals surface area contributed by atoms with Crippen molar-refractivity contribution in [1.29, 1.82) is 0 Å². The predicted octanol–water partition coefficient (Wildman–Crippen LogP) is 2.35. The number of rotatable bonds is 5. The van der Waals surface area contributed by atoms with Gasteiger partial charge in [-0.3, -0.25) is 15.1 Å². The average molecular weight is 318 g/mol. The van der Waals surface area contributed by atoms with Crippen LogP contribution < -0.4 is 4.90 Å². The minimum Gasteiger partial charge on any atom is -0.389 e. The van der Waals surface area contributed by atoms with E-state index in [-0.39, 0.29) is 5.69 Å². The highest BCUT2D eigenvalue weighted by Gasteiger charge is 2.26. The molecular formula is C11H16BrN3O3. The molecule has 0 aromatic carbocycles. The highest BCUT2D eigenvalue weighted by Crippen LogP contribution is 2.35.